The zero-order valence-corrected chi connectivity index (χ0v) is 16.3. The second-order valence-corrected chi connectivity index (χ2v) is 6.14. The van der Waals surface area contributed by atoms with Crippen molar-refractivity contribution < 1.29 is 19.0 Å². The summed E-state index contributed by atoms with van der Waals surface area (Å²) in [6.45, 7) is -0.166. The molecule has 0 bridgehead atoms. The summed E-state index contributed by atoms with van der Waals surface area (Å²) in [5.74, 6) is 1.30. The summed E-state index contributed by atoms with van der Waals surface area (Å²) in [5, 5.41) is 6.97. The van der Waals surface area contributed by atoms with Crippen LogP contribution in [0.1, 0.15) is 0 Å². The smallest absolute Gasteiger partial charge is 0.266 e. The van der Waals surface area contributed by atoms with Crippen molar-refractivity contribution >= 4 is 11.6 Å². The van der Waals surface area contributed by atoms with Crippen LogP contribution in [0.25, 0.3) is 11.3 Å². The number of amides is 1. The Hall–Kier alpha value is -3.81. The molecule has 8 heteroatoms. The van der Waals surface area contributed by atoms with E-state index in [1.807, 2.05) is 12.1 Å². The number of carbonyl (C=O) groups is 1. The van der Waals surface area contributed by atoms with E-state index in [0.29, 0.717) is 28.6 Å². The maximum absolute atomic E-state index is 12.2. The summed E-state index contributed by atoms with van der Waals surface area (Å²) in [5.41, 5.74) is 1.94. The van der Waals surface area contributed by atoms with Crippen molar-refractivity contribution in [2.75, 3.05) is 26.1 Å². The van der Waals surface area contributed by atoms with E-state index in [4.69, 9.17) is 14.2 Å². The lowest BCUT2D eigenvalue weighted by molar-refractivity contribution is -0.118. The van der Waals surface area contributed by atoms with Crippen LogP contribution < -0.4 is 25.1 Å². The molecule has 1 N–H and O–H groups in total. The molecular formula is C21H21N3O5. The highest BCUT2D eigenvalue weighted by Crippen LogP contribution is 2.27. The van der Waals surface area contributed by atoms with Crippen LogP contribution in [0, 0.1) is 0 Å². The quantitative estimate of drug-likeness (QED) is 0.661. The monoisotopic (exact) mass is 395 g/mol. The first kappa shape index (κ1) is 19.9. The Morgan fingerprint density at radius 1 is 0.966 bits per heavy atom. The van der Waals surface area contributed by atoms with Gasteiger partial charge in [0.25, 0.3) is 11.5 Å². The van der Waals surface area contributed by atoms with E-state index >= 15 is 0 Å². The number of carbonyl (C=O) groups excluding carboxylic acids is 1. The number of methoxy groups -OCH3 is 2. The number of benzene rings is 2. The van der Waals surface area contributed by atoms with Gasteiger partial charge in [-0.05, 0) is 18.2 Å². The largest absolute Gasteiger partial charge is 0.496 e. The normalized spacial score (nSPS) is 10.3. The number of rotatable bonds is 7. The Morgan fingerprint density at radius 3 is 2.17 bits per heavy atom. The van der Waals surface area contributed by atoms with Gasteiger partial charge in [0.1, 0.15) is 17.2 Å². The standard InChI is InChI=1S/C21H21N3O5/c1-24-21(26)9-8-19(23-24)14-4-6-15(7-5-14)22-20(25)13-29-18-11-16(27-2)10-17(12-18)28-3/h4-12H,13H2,1-3H3,(H,22,25). The maximum Gasteiger partial charge on any atom is 0.266 e. The molecule has 1 aromatic heterocycles. The van der Waals surface area contributed by atoms with E-state index in [0.717, 1.165) is 5.56 Å². The number of aromatic nitrogens is 2. The molecule has 0 saturated heterocycles. The Balaban J connectivity index is 1.61. The van der Waals surface area contributed by atoms with Crippen LogP contribution in [-0.2, 0) is 11.8 Å². The van der Waals surface area contributed by atoms with Crippen LogP contribution in [0.3, 0.4) is 0 Å². The number of nitrogens with one attached hydrogen (secondary N) is 1. The van der Waals surface area contributed by atoms with Crippen molar-refractivity contribution in [2.24, 2.45) is 7.05 Å². The number of hydrogen-bond donors (Lipinski definition) is 1. The third-order valence-corrected chi connectivity index (χ3v) is 4.12. The van der Waals surface area contributed by atoms with Crippen molar-refractivity contribution in [3.63, 3.8) is 0 Å². The molecule has 1 amide bonds. The van der Waals surface area contributed by atoms with Gasteiger partial charge in [0.2, 0.25) is 0 Å². The summed E-state index contributed by atoms with van der Waals surface area (Å²) in [7, 11) is 4.68. The fourth-order valence-corrected chi connectivity index (χ4v) is 2.59. The SMILES string of the molecule is COc1cc(OC)cc(OCC(=O)Nc2ccc(-c3ccc(=O)n(C)n3)cc2)c1. The van der Waals surface area contributed by atoms with Crippen LogP contribution in [0.4, 0.5) is 5.69 Å². The van der Waals surface area contributed by atoms with E-state index < -0.39 is 0 Å². The van der Waals surface area contributed by atoms with Gasteiger partial charge in [-0.25, -0.2) is 4.68 Å². The molecule has 0 aliphatic rings. The Labute approximate surface area is 167 Å². The van der Waals surface area contributed by atoms with Crippen molar-refractivity contribution in [2.45, 2.75) is 0 Å². The lowest BCUT2D eigenvalue weighted by Crippen LogP contribution is -2.20. The lowest BCUT2D eigenvalue weighted by atomic mass is 10.1. The van der Waals surface area contributed by atoms with Gasteiger partial charge >= 0.3 is 0 Å². The number of ether oxygens (including phenoxy) is 3. The van der Waals surface area contributed by atoms with E-state index in [1.165, 1.54) is 10.7 Å². The molecule has 0 radical (unpaired) electrons. The topological polar surface area (TPSA) is 91.7 Å². The molecule has 0 saturated carbocycles. The second kappa shape index (κ2) is 8.92. The predicted octanol–water partition coefficient (Wildman–Crippen LogP) is 2.48. The molecule has 150 valence electrons. The third kappa shape index (κ3) is 5.13. The molecule has 0 aliphatic heterocycles. The Kier molecular flexibility index (Phi) is 6.13. The molecule has 3 aromatic rings. The molecule has 29 heavy (non-hydrogen) atoms. The molecule has 0 fully saturated rings. The highest BCUT2D eigenvalue weighted by atomic mass is 16.5. The van der Waals surface area contributed by atoms with Gasteiger partial charge in [-0.2, -0.15) is 5.10 Å². The first-order valence-electron chi connectivity index (χ1n) is 8.79. The molecule has 0 unspecified atom stereocenters. The summed E-state index contributed by atoms with van der Waals surface area (Å²) in [4.78, 5) is 23.6. The average molecular weight is 395 g/mol. The molecule has 3 rings (SSSR count). The number of aryl methyl sites for hydroxylation is 1. The number of nitrogens with zero attached hydrogens (tertiary/aromatic N) is 2. The third-order valence-electron chi connectivity index (χ3n) is 4.12. The molecule has 8 nitrogen and oxygen atoms in total. The maximum atomic E-state index is 12.2. The summed E-state index contributed by atoms with van der Waals surface area (Å²) in [6, 6.07) is 15.3. The predicted molar refractivity (Wildman–Crippen MR) is 109 cm³/mol. The van der Waals surface area contributed by atoms with Crippen molar-refractivity contribution in [3.8, 4) is 28.5 Å². The molecule has 0 aliphatic carbocycles. The van der Waals surface area contributed by atoms with Gasteiger partial charge in [0.05, 0.1) is 19.9 Å². The Bertz CT molecular complexity index is 1040. The zero-order valence-electron chi connectivity index (χ0n) is 16.3. The van der Waals surface area contributed by atoms with E-state index in [1.54, 1.807) is 57.7 Å². The van der Waals surface area contributed by atoms with Crippen LogP contribution >= 0.6 is 0 Å². The van der Waals surface area contributed by atoms with Gasteiger partial charge in [0.15, 0.2) is 6.61 Å². The highest BCUT2D eigenvalue weighted by Gasteiger charge is 2.08. The van der Waals surface area contributed by atoms with Gasteiger partial charge in [0, 0.05) is 42.6 Å². The molecule has 0 atom stereocenters. The van der Waals surface area contributed by atoms with Gasteiger partial charge in [-0.15, -0.1) is 0 Å². The van der Waals surface area contributed by atoms with Crippen LogP contribution in [0.5, 0.6) is 17.2 Å². The van der Waals surface area contributed by atoms with E-state index in [2.05, 4.69) is 10.4 Å². The lowest BCUT2D eigenvalue weighted by Gasteiger charge is -2.11. The fraction of sp³-hybridized carbons (Fsp3) is 0.190. The van der Waals surface area contributed by atoms with Gasteiger partial charge in [-0.3, -0.25) is 9.59 Å². The van der Waals surface area contributed by atoms with Gasteiger partial charge < -0.3 is 19.5 Å². The number of hydrogen-bond acceptors (Lipinski definition) is 6. The fourth-order valence-electron chi connectivity index (χ4n) is 2.59. The highest BCUT2D eigenvalue weighted by molar-refractivity contribution is 5.92. The first-order valence-corrected chi connectivity index (χ1v) is 8.79. The zero-order chi connectivity index (χ0) is 20.8. The summed E-state index contributed by atoms with van der Waals surface area (Å²) in [6.07, 6.45) is 0. The Morgan fingerprint density at radius 2 is 1.59 bits per heavy atom. The molecule has 0 spiro atoms. The van der Waals surface area contributed by atoms with E-state index in [-0.39, 0.29) is 18.1 Å². The van der Waals surface area contributed by atoms with Crippen LogP contribution in [0.2, 0.25) is 0 Å². The minimum Gasteiger partial charge on any atom is -0.496 e. The van der Waals surface area contributed by atoms with Crippen molar-refractivity contribution in [3.05, 3.63) is 65.0 Å². The molecular weight excluding hydrogens is 374 g/mol. The number of anilines is 1. The molecule has 2 aromatic carbocycles. The van der Waals surface area contributed by atoms with Crippen LogP contribution in [-0.4, -0.2) is 36.5 Å². The summed E-state index contributed by atoms with van der Waals surface area (Å²) >= 11 is 0. The average Bonchev–Trinajstić information content (AvgIpc) is 2.74. The van der Waals surface area contributed by atoms with Gasteiger partial charge in [-0.1, -0.05) is 12.1 Å². The minimum absolute atomic E-state index is 0.166. The van der Waals surface area contributed by atoms with Crippen LogP contribution in [0.15, 0.2) is 59.4 Å². The van der Waals surface area contributed by atoms with Crippen molar-refractivity contribution in [1.82, 2.24) is 9.78 Å². The van der Waals surface area contributed by atoms with Crippen molar-refractivity contribution in [1.29, 1.82) is 0 Å². The molecule has 1 heterocycles. The minimum atomic E-state index is -0.306. The second-order valence-electron chi connectivity index (χ2n) is 6.14. The van der Waals surface area contributed by atoms with E-state index in [9.17, 15) is 9.59 Å². The first-order chi connectivity index (χ1) is 14.0. The summed E-state index contributed by atoms with van der Waals surface area (Å²) < 4.78 is 17.2.